The fourth-order valence-corrected chi connectivity index (χ4v) is 5.52. The number of anilines is 4. The lowest BCUT2D eigenvalue weighted by molar-refractivity contribution is -0.114. The van der Waals surface area contributed by atoms with Gasteiger partial charge in [0.15, 0.2) is 9.96 Å². The van der Waals surface area contributed by atoms with Crippen LogP contribution in [0.4, 0.5) is 26.8 Å². The number of halogens is 3. The lowest BCUT2D eigenvalue weighted by Gasteiger charge is -2.21. The van der Waals surface area contributed by atoms with E-state index in [0.717, 1.165) is 11.6 Å². The van der Waals surface area contributed by atoms with Crippen molar-refractivity contribution in [1.29, 1.82) is 5.26 Å². The predicted molar refractivity (Wildman–Crippen MR) is 155 cm³/mol. The molecule has 9 nitrogen and oxygen atoms in total. The SMILES string of the molecule is CC(=O)Nc1nc2cnc(Nc3cc(NC(=O)c4cccc(C(C)(C)C#N)c4CI)c(F)cc3Cl)nc2s1. The highest BCUT2D eigenvalue weighted by Crippen LogP contribution is 2.33. The molecule has 0 atom stereocenters. The summed E-state index contributed by atoms with van der Waals surface area (Å²) in [5, 5.41) is 18.2. The molecule has 2 aromatic carbocycles. The van der Waals surface area contributed by atoms with Crippen molar-refractivity contribution in [2.45, 2.75) is 30.6 Å². The molecule has 38 heavy (non-hydrogen) atoms. The van der Waals surface area contributed by atoms with Crippen LogP contribution in [0.2, 0.25) is 5.02 Å². The molecule has 0 aliphatic heterocycles. The van der Waals surface area contributed by atoms with Gasteiger partial charge in [-0.2, -0.15) is 10.2 Å². The van der Waals surface area contributed by atoms with Gasteiger partial charge in [-0.1, -0.05) is 57.7 Å². The van der Waals surface area contributed by atoms with Crippen LogP contribution >= 0.6 is 45.5 Å². The normalized spacial score (nSPS) is 11.2. The van der Waals surface area contributed by atoms with E-state index in [4.69, 9.17) is 11.6 Å². The van der Waals surface area contributed by atoms with E-state index < -0.39 is 17.1 Å². The minimum atomic E-state index is -0.804. The minimum Gasteiger partial charge on any atom is -0.323 e. The lowest BCUT2D eigenvalue weighted by atomic mass is 9.82. The van der Waals surface area contributed by atoms with Crippen LogP contribution in [0.25, 0.3) is 10.3 Å². The Balaban J connectivity index is 1.62. The Morgan fingerprint density at radius 3 is 2.66 bits per heavy atom. The Labute approximate surface area is 240 Å². The number of thiazole rings is 1. The number of nitrogens with zero attached hydrogens (tertiary/aromatic N) is 4. The average molecular weight is 664 g/mol. The standard InChI is InChI=1S/C25H20ClFIN7O2S/c1-12(36)31-24-34-20-10-30-23(35-22(20)38-24)33-18-8-19(17(27)7-16(18)26)32-21(37)13-5-4-6-15(14(13)9-28)25(2,3)11-29/h4-8,10H,9H2,1-3H3,(H,32,37)(H,30,33,35)(H,31,34,36). The smallest absolute Gasteiger partial charge is 0.256 e. The van der Waals surface area contributed by atoms with Crippen LogP contribution in [0.5, 0.6) is 0 Å². The van der Waals surface area contributed by atoms with Gasteiger partial charge in [-0.15, -0.1) is 0 Å². The predicted octanol–water partition coefficient (Wildman–Crippen LogP) is 6.57. The van der Waals surface area contributed by atoms with Crippen LogP contribution in [0, 0.1) is 17.1 Å². The van der Waals surface area contributed by atoms with Crippen molar-refractivity contribution in [3.05, 3.63) is 64.1 Å². The fourth-order valence-electron chi connectivity index (χ4n) is 3.64. The number of carbonyl (C=O) groups excluding carboxylic acids is 2. The van der Waals surface area contributed by atoms with E-state index in [1.165, 1.54) is 30.5 Å². The molecule has 4 aromatic rings. The van der Waals surface area contributed by atoms with Gasteiger partial charge in [0.1, 0.15) is 11.3 Å². The molecule has 0 spiro atoms. The topological polar surface area (TPSA) is 133 Å². The quantitative estimate of drug-likeness (QED) is 0.151. The van der Waals surface area contributed by atoms with Gasteiger partial charge >= 0.3 is 0 Å². The average Bonchev–Trinajstić information content (AvgIpc) is 3.27. The Hall–Kier alpha value is -3.41. The highest BCUT2D eigenvalue weighted by molar-refractivity contribution is 14.1. The molecule has 3 N–H and O–H groups in total. The molecule has 0 bridgehead atoms. The van der Waals surface area contributed by atoms with Crippen molar-refractivity contribution in [2.75, 3.05) is 16.0 Å². The Bertz CT molecular complexity index is 1620. The van der Waals surface area contributed by atoms with Crippen LogP contribution in [-0.4, -0.2) is 26.8 Å². The molecule has 194 valence electrons. The summed E-state index contributed by atoms with van der Waals surface area (Å²) >= 11 is 9.57. The number of hydrogen-bond donors (Lipinski definition) is 3. The highest BCUT2D eigenvalue weighted by atomic mass is 127. The molecule has 0 unspecified atom stereocenters. The van der Waals surface area contributed by atoms with Gasteiger partial charge in [0.2, 0.25) is 11.9 Å². The van der Waals surface area contributed by atoms with Crippen molar-refractivity contribution in [3.8, 4) is 6.07 Å². The molecular weight excluding hydrogens is 644 g/mol. The molecule has 0 saturated carbocycles. The first-order chi connectivity index (χ1) is 18.0. The maximum Gasteiger partial charge on any atom is 0.256 e. The third-order valence-electron chi connectivity index (χ3n) is 5.49. The van der Waals surface area contributed by atoms with E-state index >= 15 is 0 Å². The fraction of sp³-hybridized carbons (Fsp3) is 0.200. The summed E-state index contributed by atoms with van der Waals surface area (Å²) in [7, 11) is 0. The summed E-state index contributed by atoms with van der Waals surface area (Å²) < 4.78 is 15.3. The molecule has 0 aliphatic carbocycles. The number of nitrogens with one attached hydrogen (secondary N) is 3. The lowest BCUT2D eigenvalue weighted by Crippen LogP contribution is -2.21. The van der Waals surface area contributed by atoms with Crippen LogP contribution in [0.3, 0.4) is 0 Å². The van der Waals surface area contributed by atoms with E-state index in [1.54, 1.807) is 26.0 Å². The monoisotopic (exact) mass is 663 g/mol. The maximum atomic E-state index is 14.8. The van der Waals surface area contributed by atoms with E-state index in [9.17, 15) is 19.2 Å². The van der Waals surface area contributed by atoms with E-state index in [0.29, 0.717) is 31.0 Å². The molecule has 0 aliphatic rings. The van der Waals surface area contributed by atoms with Gasteiger partial charge in [-0.25, -0.2) is 14.4 Å². The zero-order chi connectivity index (χ0) is 27.6. The largest absolute Gasteiger partial charge is 0.323 e. The molecule has 0 saturated heterocycles. The van der Waals surface area contributed by atoms with Crippen molar-refractivity contribution < 1.29 is 14.0 Å². The molecule has 2 heterocycles. The van der Waals surface area contributed by atoms with Crippen molar-refractivity contribution >= 4 is 90.1 Å². The summed E-state index contributed by atoms with van der Waals surface area (Å²) in [6.45, 7) is 4.94. The summed E-state index contributed by atoms with van der Waals surface area (Å²) in [5.74, 6) is -1.33. The zero-order valence-corrected chi connectivity index (χ0v) is 24.0. The summed E-state index contributed by atoms with van der Waals surface area (Å²) in [6, 6.07) is 9.85. The van der Waals surface area contributed by atoms with Crippen molar-refractivity contribution in [1.82, 2.24) is 15.0 Å². The maximum absolute atomic E-state index is 14.8. The second kappa shape index (κ2) is 11.1. The number of alkyl halides is 1. The number of aromatic nitrogens is 3. The molecule has 2 aromatic heterocycles. The van der Waals surface area contributed by atoms with Gasteiger partial charge in [-0.3, -0.25) is 9.59 Å². The molecule has 13 heteroatoms. The third-order valence-corrected chi connectivity index (χ3v) is 7.45. The molecular formula is C25H20ClFIN7O2S. The van der Waals surface area contributed by atoms with E-state index in [1.807, 2.05) is 6.07 Å². The molecule has 2 amide bonds. The molecule has 4 rings (SSSR count). The van der Waals surface area contributed by atoms with E-state index in [2.05, 4.69) is 59.6 Å². The van der Waals surface area contributed by atoms with Gasteiger partial charge in [0.25, 0.3) is 5.91 Å². The first-order valence-corrected chi connectivity index (χ1v) is 13.8. The van der Waals surface area contributed by atoms with Crippen LogP contribution in [0.15, 0.2) is 36.5 Å². The number of carbonyl (C=O) groups is 2. The minimum absolute atomic E-state index is 0.0538. The van der Waals surface area contributed by atoms with Crippen LogP contribution < -0.4 is 16.0 Å². The Morgan fingerprint density at radius 1 is 1.21 bits per heavy atom. The molecule has 0 radical (unpaired) electrons. The number of rotatable bonds is 7. The van der Waals surface area contributed by atoms with Crippen LogP contribution in [0.1, 0.15) is 42.3 Å². The molecule has 0 fully saturated rings. The van der Waals surface area contributed by atoms with Gasteiger partial charge in [-0.05, 0) is 43.2 Å². The number of hydrogen-bond acceptors (Lipinski definition) is 8. The van der Waals surface area contributed by atoms with Gasteiger partial charge in [0, 0.05) is 16.9 Å². The second-order valence-electron chi connectivity index (χ2n) is 8.68. The summed E-state index contributed by atoms with van der Waals surface area (Å²) in [6.07, 6.45) is 1.48. The van der Waals surface area contributed by atoms with Gasteiger partial charge in [0.05, 0.1) is 34.1 Å². The van der Waals surface area contributed by atoms with Gasteiger partial charge < -0.3 is 16.0 Å². The van der Waals surface area contributed by atoms with Crippen molar-refractivity contribution in [2.24, 2.45) is 0 Å². The number of nitriles is 1. The number of amides is 2. The number of benzene rings is 2. The number of fused-ring (bicyclic) bond motifs is 1. The zero-order valence-electron chi connectivity index (χ0n) is 20.3. The first kappa shape index (κ1) is 27.6. The summed E-state index contributed by atoms with van der Waals surface area (Å²) in [4.78, 5) is 37.8. The highest BCUT2D eigenvalue weighted by Gasteiger charge is 2.26. The second-order valence-corrected chi connectivity index (χ2v) is 10.8. The third kappa shape index (κ3) is 5.85. The summed E-state index contributed by atoms with van der Waals surface area (Å²) in [5.41, 5.74) is 1.64. The van der Waals surface area contributed by atoms with Crippen molar-refractivity contribution in [3.63, 3.8) is 0 Å². The van der Waals surface area contributed by atoms with E-state index in [-0.39, 0.29) is 28.3 Å². The Morgan fingerprint density at radius 2 is 1.97 bits per heavy atom. The Kier molecular flexibility index (Phi) is 8.10. The van der Waals surface area contributed by atoms with Crippen LogP contribution in [-0.2, 0) is 14.6 Å². The first-order valence-electron chi connectivity index (χ1n) is 11.1.